The normalized spacial score (nSPS) is 19.5. The van der Waals surface area contributed by atoms with Crippen LogP contribution in [0.1, 0.15) is 59.3 Å². The van der Waals surface area contributed by atoms with E-state index in [0.29, 0.717) is 12.0 Å². The summed E-state index contributed by atoms with van der Waals surface area (Å²) in [4.78, 5) is 11.2. The number of rotatable bonds is 5. The molecule has 1 fully saturated rings. The average Bonchev–Trinajstić information content (AvgIpc) is 2.70. The van der Waals surface area contributed by atoms with Gasteiger partial charge in [0.15, 0.2) is 0 Å². The summed E-state index contributed by atoms with van der Waals surface area (Å²) in [6.07, 6.45) is 7.67. The SMILES string of the molecule is CCC(CC)C(NC(C)=O)C1CCCC1. The van der Waals surface area contributed by atoms with Crippen LogP contribution in [0.3, 0.4) is 0 Å². The molecular weight excluding hydrogens is 186 g/mol. The maximum absolute atomic E-state index is 11.2. The lowest BCUT2D eigenvalue weighted by atomic mass is 9.84. The molecule has 2 heteroatoms. The van der Waals surface area contributed by atoms with E-state index in [-0.39, 0.29) is 5.91 Å². The number of hydrogen-bond acceptors (Lipinski definition) is 1. The van der Waals surface area contributed by atoms with Crippen LogP contribution >= 0.6 is 0 Å². The predicted octanol–water partition coefficient (Wildman–Crippen LogP) is 3.12. The molecule has 1 aliphatic rings. The Morgan fingerprint density at radius 1 is 1.27 bits per heavy atom. The molecular formula is C13H25NO. The predicted molar refractivity (Wildman–Crippen MR) is 63.6 cm³/mol. The topological polar surface area (TPSA) is 29.1 Å². The zero-order chi connectivity index (χ0) is 11.3. The fraction of sp³-hybridized carbons (Fsp3) is 0.923. The molecule has 1 unspecified atom stereocenters. The molecule has 0 radical (unpaired) electrons. The molecule has 2 nitrogen and oxygen atoms in total. The summed E-state index contributed by atoms with van der Waals surface area (Å²) in [7, 11) is 0. The molecule has 0 aromatic carbocycles. The van der Waals surface area contributed by atoms with E-state index in [2.05, 4.69) is 19.2 Å². The molecule has 0 aromatic heterocycles. The highest BCUT2D eigenvalue weighted by Crippen LogP contribution is 2.32. The second-order valence-corrected chi connectivity index (χ2v) is 4.85. The third-order valence-electron chi connectivity index (χ3n) is 3.83. The Bertz CT molecular complexity index is 191. The van der Waals surface area contributed by atoms with Gasteiger partial charge in [0.25, 0.3) is 0 Å². The largest absolute Gasteiger partial charge is 0.353 e. The van der Waals surface area contributed by atoms with E-state index in [1.165, 1.54) is 38.5 Å². The monoisotopic (exact) mass is 211 g/mol. The fourth-order valence-electron chi connectivity index (χ4n) is 2.97. The maximum Gasteiger partial charge on any atom is 0.217 e. The molecule has 1 atom stereocenters. The minimum absolute atomic E-state index is 0.138. The van der Waals surface area contributed by atoms with Gasteiger partial charge in [0.1, 0.15) is 0 Å². The summed E-state index contributed by atoms with van der Waals surface area (Å²) >= 11 is 0. The van der Waals surface area contributed by atoms with E-state index in [1.54, 1.807) is 6.92 Å². The van der Waals surface area contributed by atoms with E-state index >= 15 is 0 Å². The van der Waals surface area contributed by atoms with Gasteiger partial charge in [-0.15, -0.1) is 0 Å². The number of nitrogens with one attached hydrogen (secondary N) is 1. The Kier molecular flexibility index (Phi) is 5.13. The van der Waals surface area contributed by atoms with E-state index < -0.39 is 0 Å². The molecule has 1 N–H and O–H groups in total. The molecule has 88 valence electrons. The van der Waals surface area contributed by atoms with Crippen LogP contribution in [0.25, 0.3) is 0 Å². The van der Waals surface area contributed by atoms with Gasteiger partial charge in [-0.2, -0.15) is 0 Å². The molecule has 0 heterocycles. The molecule has 0 spiro atoms. The summed E-state index contributed by atoms with van der Waals surface area (Å²) in [6, 6.07) is 0.431. The Hall–Kier alpha value is -0.530. The first kappa shape index (κ1) is 12.5. The molecule has 1 aliphatic carbocycles. The van der Waals surface area contributed by atoms with Crippen molar-refractivity contribution in [3.63, 3.8) is 0 Å². The standard InChI is InChI=1S/C13H25NO/c1-4-11(5-2)13(14-10(3)15)12-8-6-7-9-12/h11-13H,4-9H2,1-3H3,(H,14,15). The third kappa shape index (κ3) is 3.51. The van der Waals surface area contributed by atoms with Gasteiger partial charge in [0.05, 0.1) is 0 Å². The summed E-state index contributed by atoms with van der Waals surface area (Å²) in [6.45, 7) is 6.11. The molecule has 15 heavy (non-hydrogen) atoms. The smallest absolute Gasteiger partial charge is 0.217 e. The van der Waals surface area contributed by atoms with Crippen molar-refractivity contribution in [2.45, 2.75) is 65.3 Å². The number of amides is 1. The number of carbonyl (C=O) groups excluding carboxylic acids is 1. The first-order valence-electron chi connectivity index (χ1n) is 6.46. The fourth-order valence-corrected chi connectivity index (χ4v) is 2.97. The zero-order valence-electron chi connectivity index (χ0n) is 10.4. The van der Waals surface area contributed by atoms with Gasteiger partial charge in [-0.3, -0.25) is 4.79 Å². The highest BCUT2D eigenvalue weighted by molar-refractivity contribution is 5.73. The summed E-state index contributed by atoms with van der Waals surface area (Å²) in [5.74, 6) is 1.54. The quantitative estimate of drug-likeness (QED) is 0.743. The van der Waals surface area contributed by atoms with Crippen molar-refractivity contribution in [2.24, 2.45) is 11.8 Å². The van der Waals surface area contributed by atoms with Crippen molar-refractivity contribution in [3.05, 3.63) is 0 Å². The van der Waals surface area contributed by atoms with Gasteiger partial charge >= 0.3 is 0 Å². The Morgan fingerprint density at radius 2 is 1.80 bits per heavy atom. The van der Waals surface area contributed by atoms with Gasteiger partial charge in [-0.1, -0.05) is 39.5 Å². The molecule has 0 aromatic rings. The van der Waals surface area contributed by atoms with Gasteiger partial charge in [-0.25, -0.2) is 0 Å². The first-order valence-corrected chi connectivity index (χ1v) is 6.46. The van der Waals surface area contributed by atoms with Crippen molar-refractivity contribution in [1.82, 2.24) is 5.32 Å². The lowest BCUT2D eigenvalue weighted by Gasteiger charge is -2.31. The minimum Gasteiger partial charge on any atom is -0.353 e. The lowest BCUT2D eigenvalue weighted by molar-refractivity contribution is -0.120. The van der Waals surface area contributed by atoms with Gasteiger partial charge in [-0.05, 0) is 24.7 Å². The number of carbonyl (C=O) groups is 1. The third-order valence-corrected chi connectivity index (χ3v) is 3.83. The highest BCUT2D eigenvalue weighted by Gasteiger charge is 2.30. The van der Waals surface area contributed by atoms with Crippen molar-refractivity contribution < 1.29 is 4.79 Å². The number of hydrogen-bond donors (Lipinski definition) is 1. The molecule has 1 saturated carbocycles. The Balaban J connectivity index is 2.61. The summed E-state index contributed by atoms with van der Waals surface area (Å²) in [5.41, 5.74) is 0. The van der Waals surface area contributed by atoms with Gasteiger partial charge in [0.2, 0.25) is 5.91 Å². The van der Waals surface area contributed by atoms with Crippen LogP contribution in [0.2, 0.25) is 0 Å². The molecule has 1 rings (SSSR count). The lowest BCUT2D eigenvalue weighted by Crippen LogP contribution is -2.43. The van der Waals surface area contributed by atoms with E-state index in [1.807, 2.05) is 0 Å². The zero-order valence-corrected chi connectivity index (χ0v) is 10.4. The first-order chi connectivity index (χ1) is 7.19. The van der Waals surface area contributed by atoms with Crippen LogP contribution in [0, 0.1) is 11.8 Å². The molecule has 0 aliphatic heterocycles. The van der Waals surface area contributed by atoms with Crippen LogP contribution in [0.4, 0.5) is 0 Å². The van der Waals surface area contributed by atoms with Crippen LogP contribution in [0.15, 0.2) is 0 Å². The van der Waals surface area contributed by atoms with Crippen molar-refractivity contribution in [1.29, 1.82) is 0 Å². The van der Waals surface area contributed by atoms with Crippen LogP contribution in [-0.2, 0) is 4.79 Å². The minimum atomic E-state index is 0.138. The second kappa shape index (κ2) is 6.14. The van der Waals surface area contributed by atoms with Crippen LogP contribution < -0.4 is 5.32 Å². The van der Waals surface area contributed by atoms with Gasteiger partial charge in [0, 0.05) is 13.0 Å². The van der Waals surface area contributed by atoms with Crippen molar-refractivity contribution in [3.8, 4) is 0 Å². The van der Waals surface area contributed by atoms with Crippen molar-refractivity contribution >= 4 is 5.91 Å². The summed E-state index contributed by atoms with van der Waals surface area (Å²) in [5, 5.41) is 3.18. The maximum atomic E-state index is 11.2. The van der Waals surface area contributed by atoms with Crippen molar-refractivity contribution in [2.75, 3.05) is 0 Å². The molecule has 1 amide bonds. The van der Waals surface area contributed by atoms with E-state index in [0.717, 1.165) is 5.92 Å². The van der Waals surface area contributed by atoms with E-state index in [9.17, 15) is 4.79 Å². The molecule has 0 saturated heterocycles. The van der Waals surface area contributed by atoms with Gasteiger partial charge < -0.3 is 5.32 Å². The second-order valence-electron chi connectivity index (χ2n) is 4.85. The highest BCUT2D eigenvalue weighted by atomic mass is 16.1. The Morgan fingerprint density at radius 3 is 2.20 bits per heavy atom. The van der Waals surface area contributed by atoms with Crippen LogP contribution in [-0.4, -0.2) is 11.9 Å². The Labute approximate surface area is 93.8 Å². The molecule has 0 bridgehead atoms. The summed E-state index contributed by atoms with van der Waals surface area (Å²) < 4.78 is 0. The van der Waals surface area contributed by atoms with E-state index in [4.69, 9.17) is 0 Å². The van der Waals surface area contributed by atoms with Crippen LogP contribution in [0.5, 0.6) is 0 Å². The average molecular weight is 211 g/mol.